The number of hydrogen-bond donors (Lipinski definition) is 1. The van der Waals surface area contributed by atoms with E-state index < -0.39 is 0 Å². The van der Waals surface area contributed by atoms with Crippen molar-refractivity contribution < 1.29 is 4.74 Å². The van der Waals surface area contributed by atoms with E-state index in [1.165, 1.54) is 25.7 Å². The lowest BCUT2D eigenvalue weighted by Gasteiger charge is -2.16. The molecule has 2 fully saturated rings. The molecule has 0 unspecified atom stereocenters. The van der Waals surface area contributed by atoms with Gasteiger partial charge in [0.1, 0.15) is 11.6 Å². The van der Waals surface area contributed by atoms with Crippen molar-refractivity contribution in [1.29, 1.82) is 0 Å². The standard InChI is InChI=1S/C14H20N2O/c1-17-12-6-7-14(15-8-12)16-9-13(10-2-3-10)11-4-5-11/h6-8,10-11,13H,2-5,9H2,1H3,(H,15,16). The molecule has 3 nitrogen and oxygen atoms in total. The largest absolute Gasteiger partial charge is 0.495 e. The Bertz CT molecular complexity index is 356. The molecule has 1 aromatic rings. The summed E-state index contributed by atoms with van der Waals surface area (Å²) in [5, 5.41) is 3.47. The molecule has 2 aliphatic rings. The topological polar surface area (TPSA) is 34.1 Å². The first kappa shape index (κ1) is 10.9. The van der Waals surface area contributed by atoms with Crippen LogP contribution in [-0.4, -0.2) is 18.6 Å². The number of ether oxygens (including phenoxy) is 1. The summed E-state index contributed by atoms with van der Waals surface area (Å²) in [6.07, 6.45) is 7.54. The monoisotopic (exact) mass is 232 g/mol. The van der Waals surface area contributed by atoms with E-state index >= 15 is 0 Å². The van der Waals surface area contributed by atoms with Gasteiger partial charge in [-0.3, -0.25) is 0 Å². The summed E-state index contributed by atoms with van der Waals surface area (Å²) in [6, 6.07) is 3.95. The van der Waals surface area contributed by atoms with E-state index in [0.29, 0.717) is 0 Å². The Morgan fingerprint density at radius 3 is 2.47 bits per heavy atom. The first-order valence-electron chi connectivity index (χ1n) is 6.60. The summed E-state index contributed by atoms with van der Waals surface area (Å²) in [6.45, 7) is 1.09. The Kier molecular flexibility index (Phi) is 2.91. The highest BCUT2D eigenvalue weighted by molar-refractivity contribution is 5.37. The highest BCUT2D eigenvalue weighted by Gasteiger charge is 2.40. The third-order valence-corrected chi connectivity index (χ3v) is 3.95. The molecule has 0 amide bonds. The van der Waals surface area contributed by atoms with Crippen molar-refractivity contribution in [3.8, 4) is 5.75 Å². The van der Waals surface area contributed by atoms with Gasteiger partial charge in [0.25, 0.3) is 0 Å². The van der Waals surface area contributed by atoms with Crippen LogP contribution in [-0.2, 0) is 0 Å². The Hall–Kier alpha value is -1.25. The molecule has 0 atom stereocenters. The fourth-order valence-corrected chi connectivity index (χ4v) is 2.60. The highest BCUT2D eigenvalue weighted by atomic mass is 16.5. The van der Waals surface area contributed by atoms with Crippen LogP contribution in [0, 0.1) is 17.8 Å². The van der Waals surface area contributed by atoms with Gasteiger partial charge in [0.05, 0.1) is 13.3 Å². The molecular weight excluding hydrogens is 212 g/mol. The van der Waals surface area contributed by atoms with Crippen LogP contribution in [0.4, 0.5) is 5.82 Å². The summed E-state index contributed by atoms with van der Waals surface area (Å²) in [7, 11) is 1.67. The summed E-state index contributed by atoms with van der Waals surface area (Å²) in [5.74, 6) is 4.66. The van der Waals surface area contributed by atoms with E-state index in [0.717, 1.165) is 35.9 Å². The second kappa shape index (κ2) is 4.55. The molecule has 1 N–H and O–H groups in total. The van der Waals surface area contributed by atoms with Crippen LogP contribution in [0.1, 0.15) is 25.7 Å². The predicted molar refractivity (Wildman–Crippen MR) is 68.2 cm³/mol. The first-order valence-corrected chi connectivity index (χ1v) is 6.60. The normalized spacial score (nSPS) is 19.4. The number of methoxy groups -OCH3 is 1. The van der Waals surface area contributed by atoms with Crippen LogP contribution in [0.15, 0.2) is 18.3 Å². The lowest BCUT2D eigenvalue weighted by Crippen LogP contribution is -2.18. The Labute approximate surface area is 103 Å². The van der Waals surface area contributed by atoms with Gasteiger partial charge in [0.15, 0.2) is 0 Å². The molecule has 2 saturated carbocycles. The highest BCUT2D eigenvalue weighted by Crippen LogP contribution is 2.49. The van der Waals surface area contributed by atoms with E-state index in [9.17, 15) is 0 Å². The summed E-state index contributed by atoms with van der Waals surface area (Å²) < 4.78 is 5.10. The summed E-state index contributed by atoms with van der Waals surface area (Å²) in [4.78, 5) is 4.34. The minimum atomic E-state index is 0.816. The Balaban J connectivity index is 1.54. The molecule has 17 heavy (non-hydrogen) atoms. The second-order valence-electron chi connectivity index (χ2n) is 5.30. The number of aromatic nitrogens is 1. The fraction of sp³-hybridized carbons (Fsp3) is 0.643. The van der Waals surface area contributed by atoms with Crippen LogP contribution in [0.2, 0.25) is 0 Å². The van der Waals surface area contributed by atoms with Crippen molar-refractivity contribution >= 4 is 5.82 Å². The minimum absolute atomic E-state index is 0.816. The maximum atomic E-state index is 5.10. The van der Waals surface area contributed by atoms with Gasteiger partial charge in [-0.25, -0.2) is 4.98 Å². The molecule has 0 spiro atoms. The van der Waals surface area contributed by atoms with Gasteiger partial charge < -0.3 is 10.1 Å². The molecule has 1 heterocycles. The Morgan fingerprint density at radius 1 is 1.29 bits per heavy atom. The van der Waals surface area contributed by atoms with Crippen molar-refractivity contribution in [2.45, 2.75) is 25.7 Å². The molecule has 0 bridgehead atoms. The van der Waals surface area contributed by atoms with Crippen LogP contribution < -0.4 is 10.1 Å². The van der Waals surface area contributed by atoms with Gasteiger partial charge in [-0.05, 0) is 55.6 Å². The van der Waals surface area contributed by atoms with E-state index in [4.69, 9.17) is 4.74 Å². The average molecular weight is 232 g/mol. The molecule has 3 heteroatoms. The molecular formula is C14H20N2O. The van der Waals surface area contributed by atoms with Gasteiger partial charge in [0.2, 0.25) is 0 Å². The average Bonchev–Trinajstić information content (AvgIpc) is 3.24. The van der Waals surface area contributed by atoms with Crippen LogP contribution >= 0.6 is 0 Å². The number of anilines is 1. The lowest BCUT2D eigenvalue weighted by molar-refractivity contribution is 0.412. The van der Waals surface area contributed by atoms with Gasteiger partial charge in [-0.2, -0.15) is 0 Å². The molecule has 92 valence electrons. The SMILES string of the molecule is COc1ccc(NCC(C2CC2)C2CC2)nc1. The van der Waals surface area contributed by atoms with Crippen molar-refractivity contribution in [3.63, 3.8) is 0 Å². The lowest BCUT2D eigenvalue weighted by atomic mass is 9.98. The number of nitrogens with one attached hydrogen (secondary N) is 1. The molecule has 0 aliphatic heterocycles. The second-order valence-corrected chi connectivity index (χ2v) is 5.30. The molecule has 0 saturated heterocycles. The van der Waals surface area contributed by atoms with Crippen LogP contribution in [0.3, 0.4) is 0 Å². The first-order chi connectivity index (χ1) is 8.36. The molecule has 2 aliphatic carbocycles. The van der Waals surface area contributed by atoms with E-state index in [1.54, 1.807) is 13.3 Å². The summed E-state index contributed by atoms with van der Waals surface area (Å²) in [5.41, 5.74) is 0. The quantitative estimate of drug-likeness (QED) is 0.818. The molecule has 0 radical (unpaired) electrons. The van der Waals surface area contributed by atoms with Gasteiger partial charge in [0, 0.05) is 6.54 Å². The number of hydrogen-bond acceptors (Lipinski definition) is 3. The zero-order chi connectivity index (χ0) is 11.7. The third-order valence-electron chi connectivity index (χ3n) is 3.95. The number of nitrogens with zero attached hydrogens (tertiary/aromatic N) is 1. The van der Waals surface area contributed by atoms with E-state index in [1.807, 2.05) is 12.1 Å². The summed E-state index contributed by atoms with van der Waals surface area (Å²) >= 11 is 0. The van der Waals surface area contributed by atoms with Gasteiger partial charge in [-0.1, -0.05) is 0 Å². The van der Waals surface area contributed by atoms with Crippen molar-refractivity contribution in [2.24, 2.45) is 17.8 Å². The molecule has 3 rings (SSSR count). The minimum Gasteiger partial charge on any atom is -0.495 e. The van der Waals surface area contributed by atoms with Crippen LogP contribution in [0.25, 0.3) is 0 Å². The maximum Gasteiger partial charge on any atom is 0.137 e. The van der Waals surface area contributed by atoms with E-state index in [2.05, 4.69) is 10.3 Å². The molecule has 1 aromatic heterocycles. The van der Waals surface area contributed by atoms with E-state index in [-0.39, 0.29) is 0 Å². The van der Waals surface area contributed by atoms with Crippen molar-refractivity contribution in [1.82, 2.24) is 4.98 Å². The predicted octanol–water partition coefficient (Wildman–Crippen LogP) is 2.94. The van der Waals surface area contributed by atoms with Crippen LogP contribution in [0.5, 0.6) is 5.75 Å². The van der Waals surface area contributed by atoms with Crippen molar-refractivity contribution in [2.75, 3.05) is 19.0 Å². The number of pyridine rings is 1. The number of rotatable bonds is 6. The van der Waals surface area contributed by atoms with Crippen molar-refractivity contribution in [3.05, 3.63) is 18.3 Å². The smallest absolute Gasteiger partial charge is 0.137 e. The maximum absolute atomic E-state index is 5.10. The molecule has 0 aromatic carbocycles. The van der Waals surface area contributed by atoms with Gasteiger partial charge in [-0.15, -0.1) is 0 Å². The Morgan fingerprint density at radius 2 is 2.00 bits per heavy atom. The zero-order valence-corrected chi connectivity index (χ0v) is 10.4. The zero-order valence-electron chi connectivity index (χ0n) is 10.4. The third kappa shape index (κ3) is 2.71. The van der Waals surface area contributed by atoms with Gasteiger partial charge >= 0.3 is 0 Å². The fourth-order valence-electron chi connectivity index (χ4n) is 2.60.